The second kappa shape index (κ2) is 6.18. The van der Waals surface area contributed by atoms with E-state index >= 15 is 0 Å². The van der Waals surface area contributed by atoms with Crippen LogP contribution in [0.25, 0.3) is 0 Å². The summed E-state index contributed by atoms with van der Waals surface area (Å²) in [5.74, 6) is 0. The van der Waals surface area contributed by atoms with E-state index in [1.54, 1.807) is 6.08 Å². The lowest BCUT2D eigenvalue weighted by Crippen LogP contribution is -1.85. The smallest absolute Gasteiger partial charge is 0.150 e. The zero-order valence-electron chi connectivity index (χ0n) is 8.50. The van der Waals surface area contributed by atoms with Crippen LogP contribution in [0.4, 0.5) is 0 Å². The summed E-state index contributed by atoms with van der Waals surface area (Å²) in [7, 11) is 0. The Labute approximate surface area is 80.1 Å². The Morgan fingerprint density at radius 3 is 2.23 bits per heavy atom. The molecule has 13 heavy (non-hydrogen) atoms. The van der Waals surface area contributed by atoms with Crippen molar-refractivity contribution in [3.63, 3.8) is 0 Å². The summed E-state index contributed by atoms with van der Waals surface area (Å²) in [6.45, 7) is 9.21. The molecule has 1 aromatic carbocycles. The van der Waals surface area contributed by atoms with Gasteiger partial charge in [-0.2, -0.15) is 0 Å². The highest BCUT2D eigenvalue weighted by Gasteiger charge is 1.93. The third-order valence-electron chi connectivity index (χ3n) is 1.55. The van der Waals surface area contributed by atoms with Gasteiger partial charge in [0.25, 0.3) is 0 Å². The number of carbonyl (C=O) groups excluding carboxylic acids is 1. The fourth-order valence-corrected chi connectivity index (χ4v) is 0.958. The molecule has 0 bridgehead atoms. The van der Waals surface area contributed by atoms with Gasteiger partial charge in [-0.25, -0.2) is 0 Å². The van der Waals surface area contributed by atoms with Crippen LogP contribution in [0.3, 0.4) is 0 Å². The highest BCUT2D eigenvalue weighted by Crippen LogP contribution is 2.07. The maximum absolute atomic E-state index is 10.3. The molecule has 0 atom stereocenters. The van der Waals surface area contributed by atoms with Crippen LogP contribution in [0.2, 0.25) is 0 Å². The molecule has 0 aliphatic heterocycles. The van der Waals surface area contributed by atoms with Crippen molar-refractivity contribution in [1.82, 2.24) is 0 Å². The summed E-state index contributed by atoms with van der Waals surface area (Å²) >= 11 is 0. The summed E-state index contributed by atoms with van der Waals surface area (Å²) in [5.41, 5.74) is 3.03. The van der Waals surface area contributed by atoms with Crippen molar-refractivity contribution in [2.45, 2.75) is 20.8 Å². The Bertz CT molecular complexity index is 287. The van der Waals surface area contributed by atoms with Gasteiger partial charge in [-0.05, 0) is 26.3 Å². The molecule has 0 fully saturated rings. The number of aryl methyl sites for hydroxylation is 2. The highest BCUT2D eigenvalue weighted by atomic mass is 16.1. The third-order valence-corrected chi connectivity index (χ3v) is 1.55. The maximum Gasteiger partial charge on any atom is 0.150 e. The molecule has 0 aliphatic carbocycles. The lowest BCUT2D eigenvalue weighted by atomic mass is 10.1. The SMILES string of the molecule is C=CC.Cc1ccc(C=O)c(C)c1. The molecule has 0 radical (unpaired) electrons. The lowest BCUT2D eigenvalue weighted by molar-refractivity contribution is 0.112. The van der Waals surface area contributed by atoms with E-state index in [2.05, 4.69) is 6.58 Å². The van der Waals surface area contributed by atoms with Crippen molar-refractivity contribution >= 4 is 6.29 Å². The van der Waals surface area contributed by atoms with Gasteiger partial charge in [0, 0.05) is 5.56 Å². The maximum atomic E-state index is 10.3. The van der Waals surface area contributed by atoms with E-state index in [1.807, 2.05) is 39.0 Å². The Morgan fingerprint density at radius 1 is 1.31 bits per heavy atom. The van der Waals surface area contributed by atoms with Crippen LogP contribution in [0.1, 0.15) is 28.4 Å². The van der Waals surface area contributed by atoms with Gasteiger partial charge in [0.15, 0.2) is 0 Å². The van der Waals surface area contributed by atoms with Crippen molar-refractivity contribution in [2.24, 2.45) is 0 Å². The monoisotopic (exact) mass is 176 g/mol. The minimum Gasteiger partial charge on any atom is -0.298 e. The van der Waals surface area contributed by atoms with Gasteiger partial charge in [-0.15, -0.1) is 6.58 Å². The highest BCUT2D eigenvalue weighted by molar-refractivity contribution is 5.77. The van der Waals surface area contributed by atoms with E-state index < -0.39 is 0 Å². The van der Waals surface area contributed by atoms with Crippen LogP contribution >= 0.6 is 0 Å². The van der Waals surface area contributed by atoms with Gasteiger partial charge in [0.2, 0.25) is 0 Å². The molecule has 0 N–H and O–H groups in total. The normalized spacial score (nSPS) is 8.23. The molecule has 0 saturated carbocycles. The number of rotatable bonds is 1. The van der Waals surface area contributed by atoms with E-state index in [1.165, 1.54) is 5.56 Å². The average Bonchev–Trinajstić information content (AvgIpc) is 2.06. The summed E-state index contributed by atoms with van der Waals surface area (Å²) in [4.78, 5) is 10.3. The molecule has 1 nitrogen and oxygen atoms in total. The first-order valence-corrected chi connectivity index (χ1v) is 4.25. The van der Waals surface area contributed by atoms with Crippen LogP contribution in [0.5, 0.6) is 0 Å². The quantitative estimate of drug-likeness (QED) is 0.474. The fourth-order valence-electron chi connectivity index (χ4n) is 0.958. The van der Waals surface area contributed by atoms with Gasteiger partial charge in [0.05, 0.1) is 0 Å². The first-order valence-electron chi connectivity index (χ1n) is 4.25. The summed E-state index contributed by atoms with van der Waals surface area (Å²) in [6, 6.07) is 5.79. The molecule has 0 spiro atoms. The van der Waals surface area contributed by atoms with Crippen LogP contribution in [-0.4, -0.2) is 6.29 Å². The molecule has 0 aromatic heterocycles. The van der Waals surface area contributed by atoms with Gasteiger partial charge >= 0.3 is 0 Å². The van der Waals surface area contributed by atoms with Crippen LogP contribution < -0.4 is 0 Å². The molecule has 1 rings (SSSR count). The molecule has 0 amide bonds. The largest absolute Gasteiger partial charge is 0.298 e. The van der Waals surface area contributed by atoms with E-state index in [9.17, 15) is 4.79 Å². The van der Waals surface area contributed by atoms with Gasteiger partial charge in [0.1, 0.15) is 6.29 Å². The molecule has 70 valence electrons. The number of hydrogen-bond acceptors (Lipinski definition) is 1. The predicted octanol–water partition coefficient (Wildman–Crippen LogP) is 3.31. The molecule has 0 saturated heterocycles. The first-order chi connectivity index (χ1) is 6.15. The second-order valence-electron chi connectivity index (χ2n) is 2.89. The summed E-state index contributed by atoms with van der Waals surface area (Å²) < 4.78 is 0. The molecular formula is C12H16O. The summed E-state index contributed by atoms with van der Waals surface area (Å²) in [6.07, 6.45) is 2.63. The number of aldehydes is 1. The molecule has 1 aromatic rings. The number of carbonyl (C=O) groups is 1. The number of benzene rings is 1. The Kier molecular flexibility index (Phi) is 5.53. The Morgan fingerprint density at radius 2 is 1.85 bits per heavy atom. The minimum atomic E-state index is 0.783. The van der Waals surface area contributed by atoms with Crippen molar-refractivity contribution in [1.29, 1.82) is 0 Å². The minimum absolute atomic E-state index is 0.783. The van der Waals surface area contributed by atoms with Crippen molar-refractivity contribution in [3.8, 4) is 0 Å². The third kappa shape index (κ3) is 4.26. The Hall–Kier alpha value is -1.37. The lowest BCUT2D eigenvalue weighted by Gasteiger charge is -1.97. The van der Waals surface area contributed by atoms with Crippen LogP contribution in [-0.2, 0) is 0 Å². The Balaban J connectivity index is 0.000000424. The van der Waals surface area contributed by atoms with E-state index in [4.69, 9.17) is 0 Å². The molecule has 0 unspecified atom stereocenters. The standard InChI is InChI=1S/C9H10O.C3H6/c1-7-3-4-9(6-10)8(2)5-7;1-3-2/h3-6H,1-2H3;3H,1H2,2H3. The number of allylic oxidation sites excluding steroid dienone is 1. The van der Waals surface area contributed by atoms with Gasteiger partial charge in [-0.3, -0.25) is 4.79 Å². The first kappa shape index (κ1) is 11.6. The van der Waals surface area contributed by atoms with Crippen LogP contribution in [0.15, 0.2) is 30.9 Å². The molecule has 0 heterocycles. The zero-order chi connectivity index (χ0) is 10.3. The zero-order valence-corrected chi connectivity index (χ0v) is 8.50. The number of hydrogen-bond donors (Lipinski definition) is 0. The van der Waals surface area contributed by atoms with Gasteiger partial charge < -0.3 is 0 Å². The van der Waals surface area contributed by atoms with E-state index in [0.717, 1.165) is 17.4 Å². The van der Waals surface area contributed by atoms with Gasteiger partial charge in [-0.1, -0.05) is 29.8 Å². The predicted molar refractivity (Wildman–Crippen MR) is 57.2 cm³/mol. The summed E-state index contributed by atoms with van der Waals surface area (Å²) in [5, 5.41) is 0. The van der Waals surface area contributed by atoms with Crippen molar-refractivity contribution < 1.29 is 4.79 Å². The average molecular weight is 176 g/mol. The molecular weight excluding hydrogens is 160 g/mol. The van der Waals surface area contributed by atoms with Crippen molar-refractivity contribution in [3.05, 3.63) is 47.5 Å². The van der Waals surface area contributed by atoms with E-state index in [0.29, 0.717) is 0 Å². The van der Waals surface area contributed by atoms with E-state index in [-0.39, 0.29) is 0 Å². The van der Waals surface area contributed by atoms with Crippen LogP contribution in [0, 0.1) is 13.8 Å². The molecule has 1 heteroatoms. The fraction of sp³-hybridized carbons (Fsp3) is 0.250. The second-order valence-corrected chi connectivity index (χ2v) is 2.89. The van der Waals surface area contributed by atoms with Crippen molar-refractivity contribution in [2.75, 3.05) is 0 Å². The topological polar surface area (TPSA) is 17.1 Å². The molecule has 0 aliphatic rings.